The van der Waals surface area contributed by atoms with Crippen molar-refractivity contribution in [2.45, 2.75) is 28.5 Å². The molecule has 0 aliphatic rings. The summed E-state index contributed by atoms with van der Waals surface area (Å²) in [4.78, 5) is -1.05. The van der Waals surface area contributed by atoms with E-state index in [0.717, 1.165) is 6.07 Å². The van der Waals surface area contributed by atoms with E-state index in [4.69, 9.17) is 31.2 Å². The van der Waals surface area contributed by atoms with Crippen LogP contribution in [0.1, 0.15) is 11.1 Å². The highest BCUT2D eigenvalue weighted by atomic mass is 32.2. The lowest BCUT2D eigenvalue weighted by Gasteiger charge is -2.13. The summed E-state index contributed by atoms with van der Waals surface area (Å²) in [6, 6.07) is 5.88. The van der Waals surface area contributed by atoms with E-state index in [-0.39, 0.29) is 55.2 Å². The molecule has 250 valence electrons. The first kappa shape index (κ1) is 36.3. The molecule has 20 heteroatoms. The minimum atomic E-state index is -4.96. The third-order valence-electron chi connectivity index (χ3n) is 6.46. The van der Waals surface area contributed by atoms with E-state index in [9.17, 15) is 29.8 Å². The van der Waals surface area contributed by atoms with Crippen molar-refractivity contribution in [2.75, 3.05) is 50.4 Å². The first-order valence-corrected chi connectivity index (χ1v) is 17.7. The maximum absolute atomic E-state index is 12.5. The van der Waals surface area contributed by atoms with Gasteiger partial charge in [-0.05, 0) is 43.2 Å². The van der Waals surface area contributed by atoms with E-state index in [2.05, 4.69) is 20.5 Å². The summed E-state index contributed by atoms with van der Waals surface area (Å²) < 4.78 is 94.8. The number of hydrogen-bond acceptors (Lipinski definition) is 16. The van der Waals surface area contributed by atoms with Crippen LogP contribution in [0.15, 0.2) is 65.5 Å². The number of azo groups is 2. The Bertz CT molecular complexity index is 2050. The number of sulfone groups is 2. The van der Waals surface area contributed by atoms with Crippen LogP contribution in [-0.4, -0.2) is 79.0 Å². The molecule has 0 atom stereocenters. The third-order valence-corrected chi connectivity index (χ3v) is 11.0. The molecule has 0 spiro atoms. The number of nitrogens with zero attached hydrogens (tertiary/aromatic N) is 4. The Labute approximate surface area is 265 Å². The molecule has 0 aromatic heterocycles. The number of aliphatic hydroxyl groups excluding tert-OH is 2. The van der Waals surface area contributed by atoms with Crippen molar-refractivity contribution in [3.63, 3.8) is 0 Å². The molecule has 7 N–H and O–H groups in total. The standard InChI is InChI=1S/C26H32N6O11S3/c1-14-9-16(19(42-3)12-21(14)44(35,36)7-5-33)29-31-18-11-23(46(39,40)41)25(28)26(24(18)27)32-30-17-10-15(2)22(13-20(17)43-4)45(37,38)8-6-34/h9-13,33-34H,5-8,27-28H2,1-4H3,(H,39,40,41)/b31-29+,32-30+. The molecule has 3 aromatic carbocycles. The van der Waals surface area contributed by atoms with Gasteiger partial charge in [-0.25, -0.2) is 16.8 Å². The van der Waals surface area contributed by atoms with Gasteiger partial charge in [0, 0.05) is 12.1 Å². The minimum absolute atomic E-state index is 0.00126. The van der Waals surface area contributed by atoms with Crippen LogP contribution in [-0.2, 0) is 29.8 Å². The molecule has 0 unspecified atom stereocenters. The predicted molar refractivity (Wildman–Crippen MR) is 167 cm³/mol. The molecule has 0 bridgehead atoms. The Morgan fingerprint density at radius 2 is 1.04 bits per heavy atom. The zero-order valence-corrected chi connectivity index (χ0v) is 27.4. The smallest absolute Gasteiger partial charge is 0.296 e. The fourth-order valence-electron chi connectivity index (χ4n) is 4.20. The van der Waals surface area contributed by atoms with Crippen LogP contribution in [0.2, 0.25) is 0 Å². The lowest BCUT2D eigenvalue weighted by Crippen LogP contribution is -2.11. The molecular formula is C26H32N6O11S3. The Morgan fingerprint density at radius 3 is 1.43 bits per heavy atom. The molecule has 0 amide bonds. The fourth-order valence-corrected chi connectivity index (χ4v) is 7.43. The van der Waals surface area contributed by atoms with Crippen molar-refractivity contribution < 1.29 is 49.5 Å². The normalized spacial score (nSPS) is 12.7. The Hall–Kier alpha value is -4.21. The number of nitrogen functional groups attached to an aromatic ring is 2. The van der Waals surface area contributed by atoms with Gasteiger partial charge in [0.25, 0.3) is 10.1 Å². The van der Waals surface area contributed by atoms with E-state index < -0.39 is 70.8 Å². The SMILES string of the molecule is COc1cc(S(=O)(=O)CCO)c(C)cc1/N=N/c1cc(S(=O)(=O)O)c(N)c(/N=N/c2cc(C)c(S(=O)(=O)CCO)cc2OC)c1N. The van der Waals surface area contributed by atoms with Gasteiger partial charge in [0.15, 0.2) is 19.7 Å². The van der Waals surface area contributed by atoms with E-state index >= 15 is 0 Å². The highest BCUT2D eigenvalue weighted by Gasteiger charge is 2.24. The first-order valence-electron chi connectivity index (χ1n) is 13.0. The summed E-state index contributed by atoms with van der Waals surface area (Å²) in [5.41, 5.74) is 11.0. The quantitative estimate of drug-likeness (QED) is 0.0974. The summed E-state index contributed by atoms with van der Waals surface area (Å²) in [7, 11) is -10.2. The van der Waals surface area contributed by atoms with Gasteiger partial charge in [-0.2, -0.15) is 8.42 Å². The zero-order valence-electron chi connectivity index (χ0n) is 25.0. The molecule has 0 aliphatic carbocycles. The second-order valence-corrected chi connectivity index (χ2v) is 15.2. The maximum atomic E-state index is 12.5. The molecule has 0 saturated carbocycles. The van der Waals surface area contributed by atoms with Crippen molar-refractivity contribution in [3.8, 4) is 11.5 Å². The van der Waals surface area contributed by atoms with Gasteiger partial charge in [0.1, 0.15) is 39.1 Å². The maximum Gasteiger partial charge on any atom is 0.296 e. The van der Waals surface area contributed by atoms with Crippen LogP contribution in [0, 0.1) is 13.8 Å². The number of anilines is 2. The zero-order chi connectivity index (χ0) is 34.6. The monoisotopic (exact) mass is 700 g/mol. The average molecular weight is 701 g/mol. The first-order chi connectivity index (χ1) is 21.4. The summed E-state index contributed by atoms with van der Waals surface area (Å²) in [6.07, 6.45) is 0. The summed E-state index contributed by atoms with van der Waals surface area (Å²) in [5, 5.41) is 34.2. The van der Waals surface area contributed by atoms with Gasteiger partial charge in [-0.15, -0.1) is 20.5 Å². The summed E-state index contributed by atoms with van der Waals surface area (Å²) >= 11 is 0. The van der Waals surface area contributed by atoms with Crippen LogP contribution < -0.4 is 20.9 Å². The summed E-state index contributed by atoms with van der Waals surface area (Å²) in [5.74, 6) is -1.11. The Balaban J connectivity index is 2.19. The van der Waals surface area contributed by atoms with Crippen LogP contribution in [0.25, 0.3) is 0 Å². The van der Waals surface area contributed by atoms with Crippen molar-refractivity contribution in [1.29, 1.82) is 0 Å². The van der Waals surface area contributed by atoms with Crippen molar-refractivity contribution in [1.82, 2.24) is 0 Å². The molecule has 0 fully saturated rings. The fraction of sp³-hybridized carbons (Fsp3) is 0.308. The summed E-state index contributed by atoms with van der Waals surface area (Å²) in [6.45, 7) is 1.77. The number of benzene rings is 3. The molecular weight excluding hydrogens is 669 g/mol. The van der Waals surface area contributed by atoms with Gasteiger partial charge < -0.3 is 31.2 Å². The van der Waals surface area contributed by atoms with Crippen LogP contribution in [0.4, 0.5) is 34.1 Å². The van der Waals surface area contributed by atoms with E-state index in [1.54, 1.807) is 0 Å². The molecule has 0 radical (unpaired) electrons. The highest BCUT2D eigenvalue weighted by molar-refractivity contribution is 7.91. The highest BCUT2D eigenvalue weighted by Crippen LogP contribution is 2.44. The van der Waals surface area contributed by atoms with Gasteiger partial charge >= 0.3 is 0 Å². The molecule has 0 saturated heterocycles. The predicted octanol–water partition coefficient (Wildman–Crippen LogP) is 3.09. The number of aryl methyl sites for hydroxylation is 2. The van der Waals surface area contributed by atoms with Gasteiger partial charge in [-0.1, -0.05) is 0 Å². The largest absolute Gasteiger partial charge is 0.494 e. The molecule has 3 rings (SSSR count). The van der Waals surface area contributed by atoms with Crippen LogP contribution >= 0.6 is 0 Å². The lowest BCUT2D eigenvalue weighted by molar-refractivity contribution is 0.319. The number of aliphatic hydroxyl groups is 2. The van der Waals surface area contributed by atoms with Gasteiger partial charge in [-0.3, -0.25) is 4.55 Å². The van der Waals surface area contributed by atoms with E-state index in [1.165, 1.54) is 52.3 Å². The lowest BCUT2D eigenvalue weighted by atomic mass is 10.2. The molecule has 0 heterocycles. The Kier molecular flexibility index (Phi) is 11.1. The average Bonchev–Trinajstić information content (AvgIpc) is 2.95. The number of hydrogen-bond donors (Lipinski definition) is 5. The second-order valence-electron chi connectivity index (χ2n) is 9.61. The number of ether oxygens (including phenoxy) is 2. The van der Waals surface area contributed by atoms with Gasteiger partial charge in [0.05, 0.1) is 60.1 Å². The van der Waals surface area contributed by atoms with Crippen molar-refractivity contribution in [3.05, 3.63) is 41.5 Å². The molecule has 0 aliphatic heterocycles. The number of nitrogens with two attached hydrogens (primary N) is 2. The van der Waals surface area contributed by atoms with E-state index in [0.29, 0.717) is 0 Å². The molecule has 46 heavy (non-hydrogen) atoms. The van der Waals surface area contributed by atoms with Crippen molar-refractivity contribution >= 4 is 63.9 Å². The molecule has 17 nitrogen and oxygen atoms in total. The van der Waals surface area contributed by atoms with Crippen LogP contribution in [0.3, 0.4) is 0 Å². The number of methoxy groups -OCH3 is 2. The van der Waals surface area contributed by atoms with Crippen molar-refractivity contribution in [2.24, 2.45) is 20.5 Å². The molecule has 3 aromatic rings. The van der Waals surface area contributed by atoms with E-state index in [1.807, 2.05) is 0 Å². The topological polar surface area (TPSA) is 283 Å². The van der Waals surface area contributed by atoms with Crippen LogP contribution in [0.5, 0.6) is 11.5 Å². The minimum Gasteiger partial charge on any atom is -0.494 e. The third kappa shape index (κ3) is 7.77. The second kappa shape index (κ2) is 14.1. The van der Waals surface area contributed by atoms with Gasteiger partial charge in [0.2, 0.25) is 0 Å². The number of rotatable bonds is 13. The Morgan fingerprint density at radius 1 is 0.630 bits per heavy atom.